The molecule has 4 amide bonds. The first-order valence-electron chi connectivity index (χ1n) is 25.3. The predicted molar refractivity (Wildman–Crippen MR) is 268 cm³/mol. The number of piperidine rings is 1. The van der Waals surface area contributed by atoms with Gasteiger partial charge in [0.2, 0.25) is 24.1 Å². The molecule has 2 aromatic carbocycles. The van der Waals surface area contributed by atoms with Crippen LogP contribution in [0.1, 0.15) is 137 Å². The smallest absolute Gasteiger partial charge is 0.264 e. The number of halogens is 2. The predicted octanol–water partition coefficient (Wildman–Crippen LogP) is 8.25. The summed E-state index contributed by atoms with van der Waals surface area (Å²) < 4.78 is 37.0. The number of nitrogens with zero attached hydrogens (tertiary/aromatic N) is 7. The number of anilines is 2. The number of nitrogens with one attached hydrogen (secondary N) is 2. The maximum Gasteiger partial charge on any atom is 0.264 e. The molecule has 9 rings (SSSR count). The van der Waals surface area contributed by atoms with Crippen LogP contribution in [-0.2, 0) is 49.8 Å². The van der Waals surface area contributed by atoms with Crippen LogP contribution in [0.4, 0.5) is 20.3 Å². The molecule has 17 heteroatoms. The van der Waals surface area contributed by atoms with E-state index in [1.54, 1.807) is 29.2 Å². The van der Waals surface area contributed by atoms with Gasteiger partial charge < -0.3 is 35.0 Å². The number of benzene rings is 2. The number of hydrogen-bond acceptors (Lipinski definition) is 10. The van der Waals surface area contributed by atoms with Crippen LogP contribution < -0.4 is 15.5 Å². The summed E-state index contributed by atoms with van der Waals surface area (Å²) in [5.74, 6) is 0.714. The van der Waals surface area contributed by atoms with Gasteiger partial charge in [0, 0.05) is 75.2 Å². The third-order valence-electron chi connectivity index (χ3n) is 15.0. The van der Waals surface area contributed by atoms with Crippen molar-refractivity contribution in [1.82, 2.24) is 40.1 Å². The van der Waals surface area contributed by atoms with Gasteiger partial charge in [-0.25, -0.2) is 13.8 Å². The molecule has 14 nitrogen and oxygen atoms in total. The fourth-order valence-corrected chi connectivity index (χ4v) is 11.8. The number of carbonyl (C=O) groups is 4. The van der Waals surface area contributed by atoms with Crippen molar-refractivity contribution in [3.05, 3.63) is 81.1 Å². The first-order valence-corrected chi connectivity index (χ1v) is 26.2. The molecule has 2 aromatic heterocycles. The molecular formula is C53H71F2N9O5S. The van der Waals surface area contributed by atoms with Crippen molar-refractivity contribution < 1.29 is 32.7 Å². The Labute approximate surface area is 415 Å². The number of thiazole rings is 1. The Balaban J connectivity index is 0.000000194. The Morgan fingerprint density at radius 3 is 2.34 bits per heavy atom. The van der Waals surface area contributed by atoms with Crippen LogP contribution >= 0.6 is 11.3 Å². The van der Waals surface area contributed by atoms with E-state index in [-0.39, 0.29) is 35.2 Å². The molecule has 5 aliphatic heterocycles. The average Bonchev–Trinajstić information content (AvgIpc) is 4.13. The SMILES string of the molecule is CCN1CCC(c2cc3c(cc2C(F)F)N(c2nn(C4CCOCC4)c4c2CN(C(C)=O)CC4)CCC3)CC1.Cc1ncsc1-c1ccc(CNC(=O)C2CCCN2C(=O)[C@@H](NC=O)C(C)(C)C)cc1. The summed E-state index contributed by atoms with van der Waals surface area (Å²) in [5.41, 5.74) is 9.80. The number of aryl methyl sites for hydroxylation is 2. The molecule has 3 fully saturated rings. The molecule has 3 saturated heterocycles. The number of aromatic nitrogens is 3. The molecule has 2 atom stereocenters. The van der Waals surface area contributed by atoms with Crippen LogP contribution in [0.25, 0.3) is 10.4 Å². The third kappa shape index (κ3) is 11.3. The van der Waals surface area contributed by atoms with Gasteiger partial charge in [-0.05, 0) is 118 Å². The van der Waals surface area contributed by atoms with Crippen LogP contribution in [0.5, 0.6) is 0 Å². The molecule has 0 aliphatic carbocycles. The fraction of sp³-hybridized carbons (Fsp3) is 0.585. The van der Waals surface area contributed by atoms with Crippen molar-refractivity contribution >= 4 is 47.0 Å². The van der Waals surface area contributed by atoms with Gasteiger partial charge in [0.25, 0.3) is 6.43 Å². The molecule has 0 radical (unpaired) electrons. The molecule has 4 aromatic rings. The lowest BCUT2D eigenvalue weighted by Crippen LogP contribution is -2.56. The number of amides is 4. The van der Waals surface area contributed by atoms with E-state index < -0.39 is 23.9 Å². The van der Waals surface area contributed by atoms with Crippen molar-refractivity contribution in [3.63, 3.8) is 0 Å². The fourth-order valence-electron chi connectivity index (χ4n) is 11.0. The summed E-state index contributed by atoms with van der Waals surface area (Å²) in [5, 5.41) is 10.8. The molecule has 0 spiro atoms. The van der Waals surface area contributed by atoms with E-state index in [0.717, 1.165) is 141 Å². The van der Waals surface area contributed by atoms with Crippen LogP contribution in [-0.4, -0.2) is 118 Å². The highest BCUT2D eigenvalue weighted by Gasteiger charge is 2.41. The lowest BCUT2D eigenvalue weighted by molar-refractivity contribution is -0.142. The van der Waals surface area contributed by atoms with Gasteiger partial charge in [-0.2, -0.15) is 5.10 Å². The molecular weight excluding hydrogens is 913 g/mol. The minimum atomic E-state index is -2.51. The van der Waals surface area contributed by atoms with Crippen molar-refractivity contribution in [2.75, 3.05) is 57.4 Å². The van der Waals surface area contributed by atoms with Crippen molar-refractivity contribution in [2.24, 2.45) is 5.41 Å². The minimum Gasteiger partial charge on any atom is -0.381 e. The van der Waals surface area contributed by atoms with E-state index in [4.69, 9.17) is 9.84 Å². The summed E-state index contributed by atoms with van der Waals surface area (Å²) in [6.07, 6.45) is 5.72. The summed E-state index contributed by atoms with van der Waals surface area (Å²) in [6, 6.07) is 11.0. The number of alkyl halides is 2. The van der Waals surface area contributed by atoms with Crippen LogP contribution in [0.2, 0.25) is 0 Å². The van der Waals surface area contributed by atoms with E-state index in [1.807, 2.05) is 62.4 Å². The lowest BCUT2D eigenvalue weighted by Gasteiger charge is -2.35. The van der Waals surface area contributed by atoms with Gasteiger partial charge >= 0.3 is 0 Å². The molecule has 378 valence electrons. The Morgan fingerprint density at radius 2 is 1.70 bits per heavy atom. The molecule has 1 unspecified atom stereocenters. The zero-order chi connectivity index (χ0) is 49.7. The van der Waals surface area contributed by atoms with Crippen LogP contribution in [0.15, 0.2) is 41.9 Å². The maximum atomic E-state index is 14.6. The Hall–Kier alpha value is -5.26. The molecule has 70 heavy (non-hydrogen) atoms. The normalized spacial score (nSPS) is 19.6. The highest BCUT2D eigenvalue weighted by Crippen LogP contribution is 2.44. The summed E-state index contributed by atoms with van der Waals surface area (Å²) >= 11 is 1.61. The highest BCUT2D eigenvalue weighted by atomic mass is 32.1. The quantitative estimate of drug-likeness (QED) is 0.134. The van der Waals surface area contributed by atoms with E-state index in [2.05, 4.69) is 43.1 Å². The zero-order valence-corrected chi connectivity index (χ0v) is 42.6. The molecule has 5 aliphatic rings. The van der Waals surface area contributed by atoms with Gasteiger partial charge in [0.15, 0.2) is 5.82 Å². The van der Waals surface area contributed by atoms with E-state index >= 15 is 0 Å². The number of ether oxygens (including phenoxy) is 1. The number of hydrogen-bond donors (Lipinski definition) is 2. The second kappa shape index (κ2) is 22.4. The second-order valence-electron chi connectivity index (χ2n) is 20.6. The zero-order valence-electron chi connectivity index (χ0n) is 41.8. The third-order valence-corrected chi connectivity index (χ3v) is 16.0. The van der Waals surface area contributed by atoms with Crippen molar-refractivity contribution in [3.8, 4) is 10.4 Å². The number of rotatable bonds is 12. The van der Waals surface area contributed by atoms with Crippen molar-refractivity contribution in [1.29, 1.82) is 0 Å². The van der Waals surface area contributed by atoms with Crippen LogP contribution in [0.3, 0.4) is 0 Å². The molecule has 0 saturated carbocycles. The van der Waals surface area contributed by atoms with Crippen LogP contribution in [0, 0.1) is 12.3 Å². The first-order chi connectivity index (χ1) is 33.7. The van der Waals surface area contributed by atoms with Gasteiger partial charge in [0.05, 0.1) is 28.7 Å². The number of fused-ring (bicyclic) bond motifs is 2. The summed E-state index contributed by atoms with van der Waals surface area (Å²) in [6.45, 7) is 18.7. The van der Waals surface area contributed by atoms with E-state index in [0.29, 0.717) is 39.0 Å². The Morgan fingerprint density at radius 1 is 0.957 bits per heavy atom. The van der Waals surface area contributed by atoms with E-state index in [9.17, 15) is 28.0 Å². The van der Waals surface area contributed by atoms with E-state index in [1.165, 1.54) is 5.69 Å². The lowest BCUT2D eigenvalue weighted by atomic mass is 9.83. The second-order valence-corrected chi connectivity index (χ2v) is 21.4. The molecule has 7 heterocycles. The minimum absolute atomic E-state index is 0.0585. The maximum absolute atomic E-state index is 14.6. The largest absolute Gasteiger partial charge is 0.381 e. The highest BCUT2D eigenvalue weighted by molar-refractivity contribution is 7.13. The standard InChI is InChI=1S/C30H41F2N5O2.C23H30N4O3S/c1-3-34-12-6-21(7-13-34)24-17-22-5-4-11-36(28(22)18-25(24)29(31)32)30-26-19-35(20(2)38)14-8-27(26)37(33-30)23-9-15-39-16-10-23;1-15-19(31-14-26-15)17-9-7-16(8-10-17)12-24-21(29)18-6-5-11-27(18)22(30)20(25-13-28)23(2,3)4/h17-18,21,23,29H,3-16,19H2,1-2H3;7-10,13-14,18,20H,5-6,11-12H2,1-4H3,(H,24,29)(H,25,28)/t;18?,20-/m.1/s1. The molecule has 2 N–H and O–H groups in total. The Bertz CT molecular complexity index is 2470. The summed E-state index contributed by atoms with van der Waals surface area (Å²) in [4.78, 5) is 62.8. The monoisotopic (exact) mass is 984 g/mol. The Kier molecular flexibility index (Phi) is 16.4. The van der Waals surface area contributed by atoms with Gasteiger partial charge in [0.1, 0.15) is 12.1 Å². The summed E-state index contributed by atoms with van der Waals surface area (Å²) in [7, 11) is 0. The van der Waals surface area contributed by atoms with Gasteiger partial charge in [-0.1, -0.05) is 58.0 Å². The molecule has 0 bridgehead atoms. The van der Waals surface area contributed by atoms with Gasteiger partial charge in [-0.15, -0.1) is 11.3 Å². The topological polar surface area (TPSA) is 145 Å². The average molecular weight is 984 g/mol. The van der Waals surface area contributed by atoms with Crippen molar-refractivity contribution in [2.45, 2.75) is 143 Å². The number of carbonyl (C=O) groups excluding carboxylic acids is 4. The first kappa shape index (κ1) is 51.1. The number of likely N-dealkylation sites (tertiary alicyclic amines) is 2. The van der Waals surface area contributed by atoms with Gasteiger partial charge in [-0.3, -0.25) is 23.9 Å².